The van der Waals surface area contributed by atoms with Crippen LogP contribution in [-0.4, -0.2) is 21.0 Å². The monoisotopic (exact) mass is 253 g/mol. The van der Waals surface area contributed by atoms with Crippen LogP contribution in [0.3, 0.4) is 0 Å². The van der Waals surface area contributed by atoms with Crippen LogP contribution in [0.2, 0.25) is 0 Å². The third-order valence-electron chi connectivity index (χ3n) is 2.79. The van der Waals surface area contributed by atoms with E-state index in [4.69, 9.17) is 0 Å². The van der Waals surface area contributed by atoms with Gasteiger partial charge in [-0.2, -0.15) is 0 Å². The largest absolute Gasteiger partial charge is 0.506 e. The molecule has 0 aliphatic carbocycles. The van der Waals surface area contributed by atoms with Crippen molar-refractivity contribution in [3.63, 3.8) is 0 Å². The fraction of sp³-hybridized carbons (Fsp3) is 0. The van der Waals surface area contributed by atoms with Gasteiger partial charge < -0.3 is 15.4 Å². The number of H-pyrrole nitrogens is 1. The smallest absolute Gasteiger partial charge is 0.272 e. The molecule has 5 nitrogen and oxygen atoms in total. The quantitative estimate of drug-likeness (QED) is 0.614. The Kier molecular flexibility index (Phi) is 2.64. The zero-order valence-corrected chi connectivity index (χ0v) is 9.92. The molecule has 0 atom stereocenters. The molecule has 3 aromatic rings. The van der Waals surface area contributed by atoms with Crippen LogP contribution < -0.4 is 5.32 Å². The molecule has 1 amide bonds. The van der Waals surface area contributed by atoms with Crippen molar-refractivity contribution < 1.29 is 9.90 Å². The van der Waals surface area contributed by atoms with Gasteiger partial charge in [0.1, 0.15) is 11.4 Å². The molecule has 0 aliphatic rings. The van der Waals surface area contributed by atoms with Crippen LogP contribution in [-0.2, 0) is 0 Å². The summed E-state index contributed by atoms with van der Waals surface area (Å²) in [6.45, 7) is 0. The molecule has 0 spiro atoms. The topological polar surface area (TPSA) is 78.0 Å². The SMILES string of the molecule is O=C(Nc1ccccc1O)c1cc2ncccc2[nH]1. The van der Waals surface area contributed by atoms with Crippen molar-refractivity contribution in [3.05, 3.63) is 54.4 Å². The number of hydrogen-bond acceptors (Lipinski definition) is 3. The Morgan fingerprint density at radius 3 is 2.84 bits per heavy atom. The van der Waals surface area contributed by atoms with Crippen LogP contribution in [0.4, 0.5) is 5.69 Å². The van der Waals surface area contributed by atoms with Gasteiger partial charge in [-0.15, -0.1) is 0 Å². The maximum Gasteiger partial charge on any atom is 0.272 e. The van der Waals surface area contributed by atoms with Gasteiger partial charge in [0, 0.05) is 6.20 Å². The molecule has 0 bridgehead atoms. The summed E-state index contributed by atoms with van der Waals surface area (Å²) in [5.41, 5.74) is 2.30. The first-order valence-corrected chi connectivity index (χ1v) is 5.77. The zero-order valence-electron chi connectivity index (χ0n) is 9.92. The van der Waals surface area contributed by atoms with Gasteiger partial charge in [0.05, 0.1) is 16.7 Å². The summed E-state index contributed by atoms with van der Waals surface area (Å²) >= 11 is 0. The number of amides is 1. The molecule has 3 N–H and O–H groups in total. The number of fused-ring (bicyclic) bond motifs is 1. The molecule has 94 valence electrons. The second kappa shape index (κ2) is 4.45. The van der Waals surface area contributed by atoms with Crippen LogP contribution in [0.25, 0.3) is 11.0 Å². The second-order valence-corrected chi connectivity index (χ2v) is 4.09. The number of para-hydroxylation sites is 2. The molecule has 0 aliphatic heterocycles. The van der Waals surface area contributed by atoms with Gasteiger partial charge in [-0.05, 0) is 30.3 Å². The van der Waals surface area contributed by atoms with Gasteiger partial charge in [-0.1, -0.05) is 12.1 Å². The molecule has 19 heavy (non-hydrogen) atoms. The van der Waals surface area contributed by atoms with E-state index in [0.717, 1.165) is 11.0 Å². The molecule has 0 radical (unpaired) electrons. The highest BCUT2D eigenvalue weighted by Crippen LogP contribution is 2.22. The van der Waals surface area contributed by atoms with Crippen LogP contribution >= 0.6 is 0 Å². The zero-order chi connectivity index (χ0) is 13.2. The highest BCUT2D eigenvalue weighted by Gasteiger charge is 2.11. The number of phenolic OH excluding ortho intramolecular Hbond substituents is 1. The van der Waals surface area contributed by atoms with Crippen molar-refractivity contribution in [2.24, 2.45) is 0 Å². The summed E-state index contributed by atoms with van der Waals surface area (Å²) < 4.78 is 0. The minimum atomic E-state index is -0.320. The van der Waals surface area contributed by atoms with E-state index in [1.807, 2.05) is 6.07 Å². The number of benzene rings is 1. The van der Waals surface area contributed by atoms with E-state index in [-0.39, 0.29) is 11.7 Å². The van der Waals surface area contributed by atoms with Crippen molar-refractivity contribution in [3.8, 4) is 5.75 Å². The summed E-state index contributed by atoms with van der Waals surface area (Å²) in [6, 6.07) is 11.9. The maximum absolute atomic E-state index is 12.1. The Morgan fingerprint density at radius 2 is 2.05 bits per heavy atom. The molecule has 3 rings (SSSR count). The summed E-state index contributed by atoms with van der Waals surface area (Å²) in [4.78, 5) is 19.2. The van der Waals surface area contributed by atoms with Gasteiger partial charge in [-0.25, -0.2) is 0 Å². The van der Waals surface area contributed by atoms with Crippen LogP contribution in [0.15, 0.2) is 48.7 Å². The molecule has 1 aromatic carbocycles. The lowest BCUT2D eigenvalue weighted by Gasteiger charge is -2.05. The normalized spacial score (nSPS) is 10.5. The number of carbonyl (C=O) groups is 1. The molecule has 0 unspecified atom stereocenters. The van der Waals surface area contributed by atoms with Crippen LogP contribution in [0.5, 0.6) is 5.75 Å². The number of carbonyl (C=O) groups excluding carboxylic acids is 1. The lowest BCUT2D eigenvalue weighted by Crippen LogP contribution is -2.12. The van der Waals surface area contributed by atoms with Gasteiger partial charge in [0.15, 0.2) is 0 Å². The molecular formula is C14H11N3O2. The molecule has 5 heteroatoms. The van der Waals surface area contributed by atoms with Crippen molar-refractivity contribution in [2.45, 2.75) is 0 Å². The molecule has 2 heterocycles. The Labute approximate surface area is 108 Å². The number of phenols is 1. The summed E-state index contributed by atoms with van der Waals surface area (Å²) in [5.74, 6) is -0.287. The van der Waals surface area contributed by atoms with Crippen molar-refractivity contribution >= 4 is 22.6 Å². The summed E-state index contributed by atoms with van der Waals surface area (Å²) in [6.07, 6.45) is 1.67. The lowest BCUT2D eigenvalue weighted by atomic mass is 10.3. The Bertz CT molecular complexity index is 716. The fourth-order valence-electron chi connectivity index (χ4n) is 1.85. The maximum atomic E-state index is 12.1. The number of aromatic hydroxyl groups is 1. The van der Waals surface area contributed by atoms with Crippen LogP contribution in [0.1, 0.15) is 10.5 Å². The fourth-order valence-corrected chi connectivity index (χ4v) is 1.85. The Hall–Kier alpha value is -2.82. The first-order valence-electron chi connectivity index (χ1n) is 5.77. The summed E-state index contributed by atoms with van der Waals surface area (Å²) in [7, 11) is 0. The van der Waals surface area contributed by atoms with Gasteiger partial charge in [0.25, 0.3) is 5.91 Å². The van der Waals surface area contributed by atoms with E-state index < -0.39 is 0 Å². The number of aromatic nitrogens is 2. The van der Waals surface area contributed by atoms with E-state index in [2.05, 4.69) is 15.3 Å². The summed E-state index contributed by atoms with van der Waals surface area (Å²) in [5, 5.41) is 12.2. The van der Waals surface area contributed by atoms with Crippen molar-refractivity contribution in [2.75, 3.05) is 5.32 Å². The average molecular weight is 253 g/mol. The number of rotatable bonds is 2. The molecule has 0 saturated heterocycles. The predicted octanol–water partition coefficient (Wildman–Crippen LogP) is 2.52. The number of hydrogen-bond donors (Lipinski definition) is 3. The van der Waals surface area contributed by atoms with Gasteiger partial charge >= 0.3 is 0 Å². The third kappa shape index (κ3) is 2.13. The number of anilines is 1. The lowest BCUT2D eigenvalue weighted by molar-refractivity contribution is 0.102. The van der Waals surface area contributed by atoms with E-state index in [0.29, 0.717) is 11.4 Å². The van der Waals surface area contributed by atoms with E-state index in [1.54, 1.807) is 36.5 Å². The molecule has 0 fully saturated rings. The van der Waals surface area contributed by atoms with E-state index >= 15 is 0 Å². The van der Waals surface area contributed by atoms with Crippen molar-refractivity contribution in [1.82, 2.24) is 9.97 Å². The number of nitrogens with one attached hydrogen (secondary N) is 2. The molecule has 0 saturated carbocycles. The Morgan fingerprint density at radius 1 is 1.21 bits per heavy atom. The van der Waals surface area contributed by atoms with Crippen molar-refractivity contribution in [1.29, 1.82) is 0 Å². The average Bonchev–Trinajstić information content (AvgIpc) is 2.85. The number of nitrogens with zero attached hydrogens (tertiary/aromatic N) is 1. The molecular weight excluding hydrogens is 242 g/mol. The first-order chi connectivity index (χ1) is 9.24. The predicted molar refractivity (Wildman–Crippen MR) is 72.2 cm³/mol. The highest BCUT2D eigenvalue weighted by molar-refractivity contribution is 6.06. The number of pyridine rings is 1. The third-order valence-corrected chi connectivity index (χ3v) is 2.79. The standard InChI is InChI=1S/C14H11N3O2/c18-13-6-2-1-4-10(13)17-14(19)12-8-11-9(16-12)5-3-7-15-11/h1-8,16,18H,(H,17,19). The number of aromatic amines is 1. The Balaban J connectivity index is 1.90. The minimum Gasteiger partial charge on any atom is -0.506 e. The molecule has 2 aromatic heterocycles. The second-order valence-electron chi connectivity index (χ2n) is 4.09. The highest BCUT2D eigenvalue weighted by atomic mass is 16.3. The van der Waals surface area contributed by atoms with Gasteiger partial charge in [-0.3, -0.25) is 9.78 Å². The first kappa shape index (κ1) is 11.3. The van der Waals surface area contributed by atoms with Crippen LogP contribution in [0, 0.1) is 0 Å². The van der Waals surface area contributed by atoms with Gasteiger partial charge in [0.2, 0.25) is 0 Å². The minimum absolute atomic E-state index is 0.0325. The van der Waals surface area contributed by atoms with E-state index in [9.17, 15) is 9.90 Å². The van der Waals surface area contributed by atoms with E-state index in [1.165, 1.54) is 6.07 Å².